The Balaban J connectivity index is 3.31. The molecule has 0 aliphatic rings. The second-order valence-corrected chi connectivity index (χ2v) is 2.55. The number of carbonyl (C=O) groups excluding carboxylic acids is 1. The largest absolute Gasteiger partial charge is 0.478 e. The van der Waals surface area contributed by atoms with Gasteiger partial charge in [0.1, 0.15) is 11.3 Å². The summed E-state index contributed by atoms with van der Waals surface area (Å²) in [6.45, 7) is 0. The lowest BCUT2D eigenvalue weighted by Crippen LogP contribution is -2.07. The van der Waals surface area contributed by atoms with Crippen LogP contribution in [0.4, 0.5) is 0 Å². The van der Waals surface area contributed by atoms with Gasteiger partial charge in [0.15, 0.2) is 0 Å². The second-order valence-electron chi connectivity index (χ2n) is 2.14. The van der Waals surface area contributed by atoms with Crippen LogP contribution in [0.5, 0.6) is 0 Å². The molecule has 0 radical (unpaired) electrons. The molecule has 12 heavy (non-hydrogen) atoms. The fourth-order valence-electron chi connectivity index (χ4n) is 0.848. The molecule has 0 spiro atoms. The summed E-state index contributed by atoms with van der Waals surface area (Å²) in [5.41, 5.74) is -0.136. The zero-order valence-corrected chi connectivity index (χ0v) is 7.08. The smallest absolute Gasteiger partial charge is 0.339 e. The maximum absolute atomic E-state index is 10.8. The summed E-state index contributed by atoms with van der Waals surface area (Å²) in [5.74, 6) is -1.18. The molecule has 0 saturated heterocycles. The van der Waals surface area contributed by atoms with Crippen molar-refractivity contribution in [3.63, 3.8) is 0 Å². The van der Waals surface area contributed by atoms with Gasteiger partial charge in [0.25, 0.3) is 0 Å². The van der Waals surface area contributed by atoms with E-state index in [1.807, 2.05) is 0 Å². The van der Waals surface area contributed by atoms with Crippen molar-refractivity contribution in [1.82, 2.24) is 9.78 Å². The lowest BCUT2D eigenvalue weighted by Gasteiger charge is -1.95. The fraction of sp³-hybridized carbons (Fsp3) is 0.167. The van der Waals surface area contributed by atoms with Gasteiger partial charge in [0.2, 0.25) is 5.12 Å². The van der Waals surface area contributed by atoms with Crippen LogP contribution in [0, 0.1) is 0 Å². The normalized spacial score (nSPS) is 9.83. The molecule has 0 amide bonds. The van der Waals surface area contributed by atoms with Crippen molar-refractivity contribution in [1.29, 1.82) is 0 Å². The first kappa shape index (κ1) is 8.79. The van der Waals surface area contributed by atoms with Crippen molar-refractivity contribution in [3.05, 3.63) is 17.5 Å². The van der Waals surface area contributed by atoms with E-state index in [1.54, 1.807) is 0 Å². The van der Waals surface area contributed by atoms with Crippen molar-refractivity contribution in [2.75, 3.05) is 0 Å². The highest BCUT2D eigenvalue weighted by Gasteiger charge is 2.18. The van der Waals surface area contributed by atoms with Crippen LogP contribution in [0.1, 0.15) is 20.8 Å². The van der Waals surface area contributed by atoms with Gasteiger partial charge < -0.3 is 5.11 Å². The summed E-state index contributed by atoms with van der Waals surface area (Å²) in [6, 6.07) is 0. The summed E-state index contributed by atoms with van der Waals surface area (Å²) in [4.78, 5) is 21.3. The lowest BCUT2D eigenvalue weighted by molar-refractivity contribution is 0.0693. The van der Waals surface area contributed by atoms with Crippen LogP contribution in [0.15, 0.2) is 6.20 Å². The Hall–Kier alpha value is -1.30. The van der Waals surface area contributed by atoms with Gasteiger partial charge in [-0.05, 0) is 0 Å². The third-order valence-corrected chi connectivity index (χ3v) is 1.58. The van der Waals surface area contributed by atoms with Crippen molar-refractivity contribution in [3.8, 4) is 0 Å². The molecule has 64 valence electrons. The van der Waals surface area contributed by atoms with E-state index < -0.39 is 11.1 Å². The van der Waals surface area contributed by atoms with E-state index in [0.29, 0.717) is 0 Å². The highest BCUT2D eigenvalue weighted by Crippen LogP contribution is 2.09. The van der Waals surface area contributed by atoms with Gasteiger partial charge >= 0.3 is 5.97 Å². The zero-order valence-electron chi connectivity index (χ0n) is 6.18. The molecule has 6 heteroatoms. The average Bonchev–Trinajstić information content (AvgIpc) is 2.30. The highest BCUT2D eigenvalue weighted by atomic mass is 32.1. The molecular weight excluding hydrogens is 180 g/mol. The zero-order chi connectivity index (χ0) is 9.30. The van der Waals surface area contributed by atoms with Crippen LogP contribution in [-0.2, 0) is 7.05 Å². The molecular formula is C6H6N2O3S. The molecule has 0 bridgehead atoms. The summed E-state index contributed by atoms with van der Waals surface area (Å²) in [7, 11) is 1.48. The van der Waals surface area contributed by atoms with Crippen LogP contribution in [0.25, 0.3) is 0 Å². The van der Waals surface area contributed by atoms with E-state index in [-0.39, 0.29) is 11.3 Å². The van der Waals surface area contributed by atoms with Crippen molar-refractivity contribution >= 4 is 23.7 Å². The van der Waals surface area contributed by atoms with E-state index in [4.69, 9.17) is 5.11 Å². The Kier molecular flexibility index (Phi) is 2.18. The predicted molar refractivity (Wildman–Crippen MR) is 43.5 cm³/mol. The Morgan fingerprint density at radius 1 is 1.67 bits per heavy atom. The highest BCUT2D eigenvalue weighted by molar-refractivity contribution is 7.97. The van der Waals surface area contributed by atoms with Gasteiger partial charge in [-0.15, -0.1) is 0 Å². The number of rotatable bonds is 2. The van der Waals surface area contributed by atoms with E-state index >= 15 is 0 Å². The Morgan fingerprint density at radius 2 is 2.25 bits per heavy atom. The summed E-state index contributed by atoms with van der Waals surface area (Å²) in [5, 5.41) is 11.6. The van der Waals surface area contributed by atoms with Crippen molar-refractivity contribution in [2.45, 2.75) is 0 Å². The number of aromatic nitrogens is 2. The number of hydrogen-bond acceptors (Lipinski definition) is 3. The number of carboxylic acid groups (broad SMARTS) is 1. The van der Waals surface area contributed by atoms with Crippen LogP contribution >= 0.6 is 12.6 Å². The molecule has 5 nitrogen and oxygen atoms in total. The van der Waals surface area contributed by atoms with Crippen LogP contribution in [0.2, 0.25) is 0 Å². The molecule has 0 unspecified atom stereocenters. The van der Waals surface area contributed by atoms with Crippen LogP contribution in [0.3, 0.4) is 0 Å². The quantitative estimate of drug-likeness (QED) is 0.646. The molecule has 0 atom stereocenters. The molecule has 1 rings (SSSR count). The van der Waals surface area contributed by atoms with E-state index in [9.17, 15) is 9.59 Å². The minimum Gasteiger partial charge on any atom is -0.478 e. The molecule has 0 aliphatic heterocycles. The first-order chi connectivity index (χ1) is 5.54. The number of aryl methyl sites for hydroxylation is 1. The van der Waals surface area contributed by atoms with E-state index in [1.165, 1.54) is 11.7 Å². The Bertz CT molecular complexity index is 345. The molecule has 0 saturated carbocycles. The third-order valence-electron chi connectivity index (χ3n) is 1.37. The first-order valence-electron chi connectivity index (χ1n) is 3.02. The molecule has 0 aromatic carbocycles. The number of thiol groups is 1. The van der Waals surface area contributed by atoms with E-state index in [2.05, 4.69) is 17.7 Å². The summed E-state index contributed by atoms with van der Waals surface area (Å²) >= 11 is 3.52. The number of carboxylic acids is 1. The average molecular weight is 186 g/mol. The molecule has 1 aromatic heterocycles. The third kappa shape index (κ3) is 1.33. The van der Waals surface area contributed by atoms with Crippen molar-refractivity contribution in [2.24, 2.45) is 7.05 Å². The topological polar surface area (TPSA) is 72.2 Å². The number of aromatic carboxylic acids is 1. The monoisotopic (exact) mass is 186 g/mol. The van der Waals surface area contributed by atoms with Crippen molar-refractivity contribution < 1.29 is 14.7 Å². The molecule has 0 aliphatic carbocycles. The van der Waals surface area contributed by atoms with Gasteiger partial charge in [-0.25, -0.2) is 4.79 Å². The van der Waals surface area contributed by atoms with Gasteiger partial charge in [0, 0.05) is 7.05 Å². The van der Waals surface area contributed by atoms with E-state index in [0.717, 1.165) is 6.20 Å². The first-order valence-corrected chi connectivity index (χ1v) is 3.47. The standard InChI is InChI=1S/C6H6N2O3S/c1-8-4(6(11)12)3(2-7-8)5(9)10/h2H,1H3,(H,9,10)(H,11,12). The van der Waals surface area contributed by atoms with Gasteiger partial charge in [-0.1, -0.05) is 12.6 Å². The SMILES string of the molecule is Cn1ncc(C(=O)O)c1C(=O)S. The van der Waals surface area contributed by atoms with Gasteiger partial charge in [-0.3, -0.25) is 9.48 Å². The lowest BCUT2D eigenvalue weighted by atomic mass is 10.2. The number of carbonyl (C=O) groups is 2. The summed E-state index contributed by atoms with van der Waals surface area (Å²) in [6.07, 6.45) is 1.12. The molecule has 1 heterocycles. The number of nitrogens with zero attached hydrogens (tertiary/aromatic N) is 2. The van der Waals surface area contributed by atoms with Crippen LogP contribution in [-0.4, -0.2) is 26.0 Å². The minimum atomic E-state index is -1.18. The second kappa shape index (κ2) is 2.98. The maximum atomic E-state index is 10.8. The molecule has 0 fully saturated rings. The predicted octanol–water partition coefficient (Wildman–Crippen LogP) is 0.188. The van der Waals surface area contributed by atoms with Gasteiger partial charge in [-0.2, -0.15) is 5.10 Å². The summed E-state index contributed by atoms with van der Waals surface area (Å²) < 4.78 is 1.18. The van der Waals surface area contributed by atoms with Gasteiger partial charge in [0.05, 0.1) is 6.20 Å². The Labute approximate surface area is 73.4 Å². The Morgan fingerprint density at radius 3 is 2.58 bits per heavy atom. The molecule has 1 aromatic rings. The molecule has 1 N–H and O–H groups in total. The maximum Gasteiger partial charge on any atom is 0.339 e. The fourth-order valence-corrected chi connectivity index (χ4v) is 1.11. The minimum absolute atomic E-state index is 0.00849. The van der Waals surface area contributed by atoms with Crippen LogP contribution < -0.4 is 0 Å². The number of hydrogen-bond donors (Lipinski definition) is 2.